The molecule has 0 aliphatic carbocycles. The summed E-state index contributed by atoms with van der Waals surface area (Å²) in [5.41, 5.74) is 0.442. The minimum Gasteiger partial charge on any atom is -0.463 e. The Labute approximate surface area is 139 Å². The third-order valence-electron chi connectivity index (χ3n) is 2.86. The van der Waals surface area contributed by atoms with Gasteiger partial charge in [-0.25, -0.2) is 4.79 Å². The van der Waals surface area contributed by atoms with Gasteiger partial charge in [-0.2, -0.15) is 0 Å². The number of hydrogen-bond donors (Lipinski definition) is 0. The lowest BCUT2D eigenvalue weighted by atomic mass is 10.1. The van der Waals surface area contributed by atoms with Gasteiger partial charge in [0.15, 0.2) is 5.78 Å². The van der Waals surface area contributed by atoms with E-state index in [4.69, 9.17) is 21.1 Å². The molecular weight excluding hydrogens is 316 g/mol. The Hall–Kier alpha value is -2.59. The summed E-state index contributed by atoms with van der Waals surface area (Å²) in [6, 6.07) is 13.7. The van der Waals surface area contributed by atoms with Gasteiger partial charge in [0.05, 0.1) is 11.6 Å². The van der Waals surface area contributed by atoms with Crippen molar-refractivity contribution in [3.63, 3.8) is 0 Å². The summed E-state index contributed by atoms with van der Waals surface area (Å²) in [6.45, 7) is 1.97. The van der Waals surface area contributed by atoms with E-state index in [1.165, 1.54) is 6.08 Å². The van der Waals surface area contributed by atoms with Crippen molar-refractivity contribution in [2.45, 2.75) is 6.92 Å². The Morgan fingerprint density at radius 3 is 2.39 bits per heavy atom. The number of ketones is 1. The first-order chi connectivity index (χ1) is 11.1. The lowest BCUT2D eigenvalue weighted by Crippen LogP contribution is -2.01. The normalized spacial score (nSPS) is 10.5. The fourth-order valence-corrected chi connectivity index (χ4v) is 1.95. The van der Waals surface area contributed by atoms with E-state index >= 15 is 0 Å². The number of halogens is 1. The second-order valence-electron chi connectivity index (χ2n) is 4.51. The van der Waals surface area contributed by atoms with Crippen LogP contribution >= 0.6 is 11.6 Å². The minimum atomic E-state index is -0.542. The van der Waals surface area contributed by atoms with E-state index in [2.05, 4.69) is 0 Å². The molecule has 4 nitrogen and oxygen atoms in total. The van der Waals surface area contributed by atoms with Crippen LogP contribution in [0.25, 0.3) is 0 Å². The van der Waals surface area contributed by atoms with E-state index in [0.29, 0.717) is 22.1 Å². The first kappa shape index (κ1) is 16.8. The number of esters is 1. The molecular formula is C18H15ClO4. The zero-order chi connectivity index (χ0) is 16.7. The SMILES string of the molecule is CCOC(=O)/C=C/C(=O)c1ccc(Oc2ccccc2Cl)cc1. The average Bonchev–Trinajstić information content (AvgIpc) is 2.56. The molecule has 0 N–H and O–H groups in total. The fraction of sp³-hybridized carbons (Fsp3) is 0.111. The molecule has 0 aliphatic heterocycles. The van der Waals surface area contributed by atoms with Crippen LogP contribution in [0.2, 0.25) is 5.02 Å². The van der Waals surface area contributed by atoms with Gasteiger partial charge < -0.3 is 9.47 Å². The van der Waals surface area contributed by atoms with Gasteiger partial charge in [0.2, 0.25) is 0 Å². The molecule has 0 aromatic heterocycles. The van der Waals surface area contributed by atoms with Gasteiger partial charge in [-0.05, 0) is 49.4 Å². The molecule has 0 saturated carbocycles. The van der Waals surface area contributed by atoms with Crippen LogP contribution in [-0.4, -0.2) is 18.4 Å². The van der Waals surface area contributed by atoms with Gasteiger partial charge in [-0.15, -0.1) is 0 Å². The zero-order valence-electron chi connectivity index (χ0n) is 12.5. The lowest BCUT2D eigenvalue weighted by Gasteiger charge is -2.07. The number of para-hydroxylation sites is 1. The summed E-state index contributed by atoms with van der Waals surface area (Å²) >= 11 is 6.02. The third kappa shape index (κ3) is 4.97. The van der Waals surface area contributed by atoms with Gasteiger partial charge in [-0.1, -0.05) is 23.7 Å². The highest BCUT2D eigenvalue weighted by molar-refractivity contribution is 6.32. The summed E-state index contributed by atoms with van der Waals surface area (Å²) in [4.78, 5) is 23.1. The minimum absolute atomic E-state index is 0.269. The molecule has 0 spiro atoms. The van der Waals surface area contributed by atoms with E-state index in [1.54, 1.807) is 43.3 Å². The van der Waals surface area contributed by atoms with Crippen LogP contribution in [0.3, 0.4) is 0 Å². The molecule has 0 aliphatic rings. The first-order valence-electron chi connectivity index (χ1n) is 7.01. The van der Waals surface area contributed by atoms with Crippen LogP contribution in [0.4, 0.5) is 0 Å². The van der Waals surface area contributed by atoms with Crippen LogP contribution in [0.15, 0.2) is 60.7 Å². The van der Waals surface area contributed by atoms with Crippen molar-refractivity contribution in [2.24, 2.45) is 0 Å². The quantitative estimate of drug-likeness (QED) is 0.446. The zero-order valence-corrected chi connectivity index (χ0v) is 13.2. The molecule has 0 radical (unpaired) electrons. The van der Waals surface area contributed by atoms with Gasteiger partial charge in [0.1, 0.15) is 11.5 Å². The van der Waals surface area contributed by atoms with Gasteiger partial charge >= 0.3 is 5.97 Å². The molecule has 0 heterocycles. The third-order valence-corrected chi connectivity index (χ3v) is 3.17. The van der Waals surface area contributed by atoms with E-state index < -0.39 is 5.97 Å². The summed E-state index contributed by atoms with van der Waals surface area (Å²) < 4.78 is 10.4. The monoisotopic (exact) mass is 330 g/mol. The second kappa shape index (κ2) is 8.15. The van der Waals surface area contributed by atoms with Crippen LogP contribution in [-0.2, 0) is 9.53 Å². The van der Waals surface area contributed by atoms with Gasteiger partial charge in [0, 0.05) is 11.6 Å². The highest BCUT2D eigenvalue weighted by Crippen LogP contribution is 2.28. The van der Waals surface area contributed by atoms with Crippen LogP contribution < -0.4 is 4.74 Å². The predicted molar refractivity (Wildman–Crippen MR) is 88.1 cm³/mol. The van der Waals surface area contributed by atoms with Gasteiger partial charge in [-0.3, -0.25) is 4.79 Å². The maximum atomic E-state index is 11.9. The van der Waals surface area contributed by atoms with Crippen molar-refractivity contribution in [3.05, 3.63) is 71.3 Å². The van der Waals surface area contributed by atoms with E-state index in [0.717, 1.165) is 6.08 Å². The number of carbonyl (C=O) groups excluding carboxylic acids is 2. The lowest BCUT2D eigenvalue weighted by molar-refractivity contribution is -0.137. The van der Waals surface area contributed by atoms with Crippen LogP contribution in [0, 0.1) is 0 Å². The molecule has 0 unspecified atom stereocenters. The van der Waals surface area contributed by atoms with Crippen molar-refractivity contribution in [2.75, 3.05) is 6.61 Å². The van der Waals surface area contributed by atoms with E-state index in [9.17, 15) is 9.59 Å². The summed E-state index contributed by atoms with van der Waals surface area (Å²) in [5.74, 6) is 0.265. The largest absolute Gasteiger partial charge is 0.463 e. The summed E-state index contributed by atoms with van der Waals surface area (Å²) in [5, 5.41) is 0.505. The molecule has 2 aromatic rings. The number of ether oxygens (including phenoxy) is 2. The fourth-order valence-electron chi connectivity index (χ4n) is 1.77. The molecule has 0 saturated heterocycles. The van der Waals surface area contributed by atoms with E-state index in [-0.39, 0.29) is 12.4 Å². The second-order valence-corrected chi connectivity index (χ2v) is 4.91. The van der Waals surface area contributed by atoms with Gasteiger partial charge in [0.25, 0.3) is 0 Å². The number of benzene rings is 2. The number of allylic oxidation sites excluding steroid dienone is 1. The molecule has 0 bridgehead atoms. The Bertz CT molecular complexity index is 720. The smallest absolute Gasteiger partial charge is 0.330 e. The van der Waals surface area contributed by atoms with Crippen LogP contribution in [0.1, 0.15) is 17.3 Å². The highest BCUT2D eigenvalue weighted by atomic mass is 35.5. The highest BCUT2D eigenvalue weighted by Gasteiger charge is 2.05. The molecule has 5 heteroatoms. The Balaban J connectivity index is 2.03. The van der Waals surface area contributed by atoms with Crippen molar-refractivity contribution in [1.29, 1.82) is 0 Å². The predicted octanol–water partition coefficient (Wildman–Crippen LogP) is 4.43. The Morgan fingerprint density at radius 2 is 1.74 bits per heavy atom. The molecule has 118 valence electrons. The molecule has 0 fully saturated rings. The maximum absolute atomic E-state index is 11.9. The number of rotatable bonds is 6. The maximum Gasteiger partial charge on any atom is 0.330 e. The number of carbonyl (C=O) groups is 2. The topological polar surface area (TPSA) is 52.6 Å². The Kier molecular flexibility index (Phi) is 5.94. The van der Waals surface area contributed by atoms with E-state index in [1.807, 2.05) is 12.1 Å². The number of hydrogen-bond acceptors (Lipinski definition) is 4. The Morgan fingerprint density at radius 1 is 1.04 bits per heavy atom. The summed E-state index contributed by atoms with van der Waals surface area (Å²) in [6.07, 6.45) is 2.29. The molecule has 2 aromatic carbocycles. The average molecular weight is 331 g/mol. The molecule has 0 amide bonds. The standard InChI is InChI=1S/C18H15ClO4/c1-2-22-18(21)12-11-16(20)13-7-9-14(10-8-13)23-17-6-4-3-5-15(17)19/h3-12H,2H2,1H3/b12-11+. The van der Waals surface area contributed by atoms with Crippen molar-refractivity contribution in [3.8, 4) is 11.5 Å². The molecule has 2 rings (SSSR count). The van der Waals surface area contributed by atoms with Crippen LogP contribution in [0.5, 0.6) is 11.5 Å². The van der Waals surface area contributed by atoms with Crippen molar-refractivity contribution >= 4 is 23.4 Å². The van der Waals surface area contributed by atoms with Crippen molar-refractivity contribution < 1.29 is 19.1 Å². The molecule has 0 atom stereocenters. The first-order valence-corrected chi connectivity index (χ1v) is 7.39. The summed E-state index contributed by atoms with van der Waals surface area (Å²) in [7, 11) is 0. The van der Waals surface area contributed by atoms with Crippen molar-refractivity contribution in [1.82, 2.24) is 0 Å². The molecule has 23 heavy (non-hydrogen) atoms.